The van der Waals surface area contributed by atoms with Crippen molar-refractivity contribution in [2.45, 2.75) is 39.4 Å². The van der Waals surface area contributed by atoms with Gasteiger partial charge in [-0.2, -0.15) is 0 Å². The Morgan fingerprint density at radius 3 is 2.29 bits per heavy atom. The summed E-state index contributed by atoms with van der Waals surface area (Å²) in [5, 5.41) is 0.348. The second kappa shape index (κ2) is 10.3. The van der Waals surface area contributed by atoms with Gasteiger partial charge in [-0.15, -0.1) is 0 Å². The van der Waals surface area contributed by atoms with E-state index in [1.165, 1.54) is 6.26 Å². The first-order valence-corrected chi connectivity index (χ1v) is 11.2. The van der Waals surface area contributed by atoms with E-state index in [1.807, 2.05) is 68.4 Å². The summed E-state index contributed by atoms with van der Waals surface area (Å²) in [6.45, 7) is 5.38. The molecular weight excluding hydrogens is 432 g/mol. The first kappa shape index (κ1) is 23.1. The van der Waals surface area contributed by atoms with Crippen LogP contribution in [0, 0.1) is 0 Å². The van der Waals surface area contributed by atoms with Gasteiger partial charge in [0.05, 0.1) is 11.5 Å². The van der Waals surface area contributed by atoms with Gasteiger partial charge in [-0.1, -0.05) is 49.4 Å². The number of benzene rings is 3. The van der Waals surface area contributed by atoms with E-state index < -0.39 is 12.1 Å². The summed E-state index contributed by atoms with van der Waals surface area (Å²) < 4.78 is 22.4. The largest absolute Gasteiger partial charge is 0.479 e. The van der Waals surface area contributed by atoms with E-state index in [4.69, 9.17) is 18.6 Å². The zero-order valence-electron chi connectivity index (χ0n) is 19.3. The Labute approximate surface area is 197 Å². The molecule has 0 amide bonds. The molecule has 0 saturated carbocycles. The molecule has 0 aliphatic heterocycles. The number of hydrogen-bond donors (Lipinski definition) is 0. The Morgan fingerprint density at radius 1 is 0.912 bits per heavy atom. The number of ether oxygens (including phenoxy) is 3. The molecule has 0 radical (unpaired) electrons. The SMILES string of the molecule is CCC(C)OC(=O)C(C)Oc1ccc2c(=O)c(Oc3ccc(-c4ccccc4)cc3)coc2c1. The third-order valence-corrected chi connectivity index (χ3v) is 5.44. The molecule has 0 aliphatic rings. The van der Waals surface area contributed by atoms with Crippen molar-refractivity contribution in [1.82, 2.24) is 0 Å². The standard InChI is InChI=1S/C28H26O6/c1-4-18(2)32-28(30)19(3)33-23-14-15-24-25(16-23)31-17-26(27(24)29)34-22-12-10-21(11-13-22)20-8-6-5-7-9-20/h5-19H,4H2,1-3H3. The van der Waals surface area contributed by atoms with E-state index in [0.717, 1.165) is 17.5 Å². The van der Waals surface area contributed by atoms with Crippen LogP contribution in [0.15, 0.2) is 88.3 Å². The lowest BCUT2D eigenvalue weighted by Gasteiger charge is -2.17. The van der Waals surface area contributed by atoms with E-state index in [-0.39, 0.29) is 17.3 Å². The normalized spacial score (nSPS) is 12.7. The molecule has 2 unspecified atom stereocenters. The lowest BCUT2D eigenvalue weighted by molar-refractivity contribution is -0.155. The summed E-state index contributed by atoms with van der Waals surface area (Å²) in [6.07, 6.45) is 1.03. The van der Waals surface area contributed by atoms with Gasteiger partial charge in [0.1, 0.15) is 23.3 Å². The molecule has 2 atom stereocenters. The van der Waals surface area contributed by atoms with Gasteiger partial charge in [-0.3, -0.25) is 4.79 Å². The smallest absolute Gasteiger partial charge is 0.347 e. The van der Waals surface area contributed by atoms with Gasteiger partial charge in [-0.05, 0) is 55.7 Å². The van der Waals surface area contributed by atoms with Crippen LogP contribution in [0.1, 0.15) is 27.2 Å². The number of rotatable bonds is 8. The number of esters is 1. The molecule has 34 heavy (non-hydrogen) atoms. The van der Waals surface area contributed by atoms with Crippen molar-refractivity contribution >= 4 is 16.9 Å². The van der Waals surface area contributed by atoms with E-state index in [1.54, 1.807) is 25.1 Å². The first-order valence-electron chi connectivity index (χ1n) is 11.2. The minimum absolute atomic E-state index is 0.0825. The topological polar surface area (TPSA) is 75.0 Å². The van der Waals surface area contributed by atoms with Crippen molar-refractivity contribution in [2.24, 2.45) is 0 Å². The van der Waals surface area contributed by atoms with Gasteiger partial charge in [-0.25, -0.2) is 4.79 Å². The molecule has 4 rings (SSSR count). The second-order valence-corrected chi connectivity index (χ2v) is 8.00. The zero-order chi connectivity index (χ0) is 24.1. The second-order valence-electron chi connectivity index (χ2n) is 8.00. The fourth-order valence-corrected chi connectivity index (χ4v) is 3.34. The fourth-order valence-electron chi connectivity index (χ4n) is 3.34. The molecule has 3 aromatic carbocycles. The van der Waals surface area contributed by atoms with Crippen molar-refractivity contribution in [2.75, 3.05) is 0 Å². The highest BCUT2D eigenvalue weighted by atomic mass is 16.6. The lowest BCUT2D eigenvalue weighted by atomic mass is 10.1. The average Bonchev–Trinajstić information content (AvgIpc) is 2.86. The molecule has 0 N–H and O–H groups in total. The van der Waals surface area contributed by atoms with E-state index in [0.29, 0.717) is 22.5 Å². The van der Waals surface area contributed by atoms with Crippen LogP contribution >= 0.6 is 0 Å². The predicted octanol–water partition coefficient (Wildman–Crippen LogP) is 6.36. The van der Waals surface area contributed by atoms with E-state index >= 15 is 0 Å². The van der Waals surface area contributed by atoms with E-state index in [2.05, 4.69) is 0 Å². The van der Waals surface area contributed by atoms with Crippen LogP contribution in [0.2, 0.25) is 0 Å². The monoisotopic (exact) mass is 458 g/mol. The maximum absolute atomic E-state index is 12.9. The van der Waals surface area contributed by atoms with Crippen molar-refractivity contribution < 1.29 is 23.4 Å². The molecule has 174 valence electrons. The summed E-state index contributed by atoms with van der Waals surface area (Å²) in [5.74, 6) is 0.561. The fraction of sp³-hybridized carbons (Fsp3) is 0.214. The summed E-state index contributed by atoms with van der Waals surface area (Å²) in [5.41, 5.74) is 2.17. The molecule has 6 heteroatoms. The highest BCUT2D eigenvalue weighted by Crippen LogP contribution is 2.27. The summed E-state index contributed by atoms with van der Waals surface area (Å²) in [6, 6.07) is 22.3. The predicted molar refractivity (Wildman–Crippen MR) is 130 cm³/mol. The molecule has 0 bridgehead atoms. The molecule has 0 fully saturated rings. The summed E-state index contributed by atoms with van der Waals surface area (Å²) in [7, 11) is 0. The van der Waals surface area contributed by atoms with Crippen LogP contribution in [0.3, 0.4) is 0 Å². The van der Waals surface area contributed by atoms with Crippen molar-refractivity contribution in [3.63, 3.8) is 0 Å². The quantitative estimate of drug-likeness (QED) is 0.286. The Hall–Kier alpha value is -4.06. The Kier molecular flexibility index (Phi) is 6.97. The van der Waals surface area contributed by atoms with Crippen molar-refractivity contribution in [1.29, 1.82) is 0 Å². The maximum Gasteiger partial charge on any atom is 0.347 e. The van der Waals surface area contributed by atoms with Crippen molar-refractivity contribution in [3.8, 4) is 28.4 Å². The number of hydrogen-bond acceptors (Lipinski definition) is 6. The number of carbonyl (C=O) groups is 1. The average molecular weight is 459 g/mol. The summed E-state index contributed by atoms with van der Waals surface area (Å²) >= 11 is 0. The van der Waals surface area contributed by atoms with Gasteiger partial charge >= 0.3 is 5.97 Å². The lowest BCUT2D eigenvalue weighted by Crippen LogP contribution is -2.29. The molecule has 4 aromatic rings. The third kappa shape index (κ3) is 5.29. The molecule has 1 heterocycles. The molecule has 0 spiro atoms. The first-order chi connectivity index (χ1) is 16.4. The van der Waals surface area contributed by atoms with Crippen LogP contribution in [-0.4, -0.2) is 18.2 Å². The van der Waals surface area contributed by atoms with Gasteiger partial charge in [0.2, 0.25) is 11.2 Å². The number of carbonyl (C=O) groups excluding carboxylic acids is 1. The molecule has 0 aliphatic carbocycles. The van der Waals surface area contributed by atoms with Crippen LogP contribution in [-0.2, 0) is 9.53 Å². The Bertz CT molecular complexity index is 1320. The molecular formula is C28H26O6. The van der Waals surface area contributed by atoms with Gasteiger partial charge in [0.25, 0.3) is 0 Å². The van der Waals surface area contributed by atoms with Crippen molar-refractivity contribution in [3.05, 3.63) is 89.3 Å². The van der Waals surface area contributed by atoms with Crippen LogP contribution in [0.4, 0.5) is 0 Å². The Balaban J connectivity index is 1.49. The zero-order valence-corrected chi connectivity index (χ0v) is 19.3. The molecule has 1 aromatic heterocycles. The maximum atomic E-state index is 12.9. The summed E-state index contributed by atoms with van der Waals surface area (Å²) in [4.78, 5) is 25.0. The minimum Gasteiger partial charge on any atom is -0.479 e. The highest BCUT2D eigenvalue weighted by Gasteiger charge is 2.19. The van der Waals surface area contributed by atoms with Gasteiger partial charge < -0.3 is 18.6 Å². The molecule has 0 saturated heterocycles. The van der Waals surface area contributed by atoms with Crippen LogP contribution < -0.4 is 14.9 Å². The van der Waals surface area contributed by atoms with Crippen LogP contribution in [0.5, 0.6) is 17.2 Å². The highest BCUT2D eigenvalue weighted by molar-refractivity contribution is 5.79. The number of fused-ring (bicyclic) bond motifs is 1. The third-order valence-electron chi connectivity index (χ3n) is 5.44. The Morgan fingerprint density at radius 2 is 1.59 bits per heavy atom. The van der Waals surface area contributed by atoms with Gasteiger partial charge in [0, 0.05) is 6.07 Å². The van der Waals surface area contributed by atoms with Gasteiger partial charge in [0.15, 0.2) is 6.10 Å². The van der Waals surface area contributed by atoms with E-state index in [9.17, 15) is 9.59 Å². The minimum atomic E-state index is -0.792. The van der Waals surface area contributed by atoms with Crippen LogP contribution in [0.25, 0.3) is 22.1 Å². The molecule has 6 nitrogen and oxygen atoms in total.